The highest BCUT2D eigenvalue weighted by atomic mass is 16.2. The Morgan fingerprint density at radius 3 is 2.28 bits per heavy atom. The van der Waals surface area contributed by atoms with E-state index in [0.717, 1.165) is 31.6 Å². The van der Waals surface area contributed by atoms with Gasteiger partial charge in [0.15, 0.2) is 0 Å². The van der Waals surface area contributed by atoms with Gasteiger partial charge in [-0.3, -0.25) is 4.79 Å². The van der Waals surface area contributed by atoms with Crippen LogP contribution in [0.4, 0.5) is 0 Å². The van der Waals surface area contributed by atoms with Crippen molar-refractivity contribution in [1.29, 1.82) is 0 Å². The van der Waals surface area contributed by atoms with Gasteiger partial charge in [-0.1, -0.05) is 19.8 Å². The molecule has 0 saturated heterocycles. The molecule has 0 heterocycles. The first-order valence-corrected chi connectivity index (χ1v) is 7.62. The van der Waals surface area contributed by atoms with Gasteiger partial charge in [-0.05, 0) is 44.4 Å². The molecule has 2 N–H and O–H groups in total. The zero-order valence-electron chi connectivity index (χ0n) is 11.9. The third kappa shape index (κ3) is 3.05. The largest absolute Gasteiger partial charge is 0.341 e. The molecule has 0 radical (unpaired) electrons. The first kappa shape index (κ1) is 13.9. The first-order valence-electron chi connectivity index (χ1n) is 7.62. The molecule has 2 atom stereocenters. The van der Waals surface area contributed by atoms with Crippen LogP contribution in [-0.4, -0.2) is 29.9 Å². The van der Waals surface area contributed by atoms with Crippen LogP contribution in [0, 0.1) is 11.8 Å². The fraction of sp³-hybridized carbons (Fsp3) is 0.933. The van der Waals surface area contributed by atoms with Crippen molar-refractivity contribution in [3.05, 3.63) is 0 Å². The predicted octanol–water partition coefficient (Wildman–Crippen LogP) is 2.54. The molecule has 0 aromatic carbocycles. The van der Waals surface area contributed by atoms with Crippen LogP contribution in [0.3, 0.4) is 0 Å². The fourth-order valence-corrected chi connectivity index (χ4v) is 3.58. The van der Waals surface area contributed by atoms with Crippen LogP contribution >= 0.6 is 0 Å². The number of rotatable bonds is 2. The maximum atomic E-state index is 12.5. The summed E-state index contributed by atoms with van der Waals surface area (Å²) in [6.07, 6.45) is 9.18. The van der Waals surface area contributed by atoms with Crippen molar-refractivity contribution in [2.24, 2.45) is 17.6 Å². The van der Waals surface area contributed by atoms with E-state index >= 15 is 0 Å². The summed E-state index contributed by atoms with van der Waals surface area (Å²) in [4.78, 5) is 14.5. The Hall–Kier alpha value is -0.570. The quantitative estimate of drug-likeness (QED) is 0.821. The minimum absolute atomic E-state index is 0.190. The Balaban J connectivity index is 1.91. The highest BCUT2D eigenvalue weighted by Crippen LogP contribution is 2.31. The van der Waals surface area contributed by atoms with Gasteiger partial charge in [-0.2, -0.15) is 0 Å². The summed E-state index contributed by atoms with van der Waals surface area (Å²) in [6.45, 7) is 2.29. The highest BCUT2D eigenvalue weighted by molar-refractivity contribution is 5.79. The Labute approximate surface area is 111 Å². The number of likely N-dealkylation sites (N-methyl/N-ethyl adjacent to an activating group) is 1. The lowest BCUT2D eigenvalue weighted by atomic mass is 9.81. The third-order valence-electron chi connectivity index (χ3n) is 4.99. The van der Waals surface area contributed by atoms with Crippen molar-refractivity contribution >= 4 is 5.91 Å². The second-order valence-corrected chi connectivity index (χ2v) is 6.42. The van der Waals surface area contributed by atoms with Crippen LogP contribution in [-0.2, 0) is 4.79 Å². The molecule has 2 rings (SSSR count). The molecule has 0 aromatic rings. The van der Waals surface area contributed by atoms with Crippen LogP contribution in [0.15, 0.2) is 0 Å². The number of hydrogen-bond donors (Lipinski definition) is 1. The molecular weight excluding hydrogens is 224 g/mol. The number of nitrogens with two attached hydrogens (primary N) is 1. The Bertz CT molecular complexity index is 284. The van der Waals surface area contributed by atoms with E-state index in [4.69, 9.17) is 5.73 Å². The lowest BCUT2D eigenvalue weighted by Crippen LogP contribution is -2.51. The van der Waals surface area contributed by atoms with E-state index in [1.807, 2.05) is 11.9 Å². The SMILES string of the molecule is CC1CCC(C(=O)N(C)C2CCCCC2N)CC1. The molecule has 2 saturated carbocycles. The normalized spacial score (nSPS) is 37.3. The molecule has 3 heteroatoms. The summed E-state index contributed by atoms with van der Waals surface area (Å²) < 4.78 is 0. The van der Waals surface area contributed by atoms with Gasteiger partial charge in [0.05, 0.1) is 0 Å². The Morgan fingerprint density at radius 1 is 1.06 bits per heavy atom. The molecular formula is C15H28N2O. The van der Waals surface area contributed by atoms with Crippen molar-refractivity contribution < 1.29 is 4.79 Å². The molecule has 2 fully saturated rings. The fourth-order valence-electron chi connectivity index (χ4n) is 3.58. The summed E-state index contributed by atoms with van der Waals surface area (Å²) in [6, 6.07) is 0.473. The maximum absolute atomic E-state index is 12.5. The number of carbonyl (C=O) groups is 1. The zero-order chi connectivity index (χ0) is 13.1. The lowest BCUT2D eigenvalue weighted by molar-refractivity contribution is -0.138. The predicted molar refractivity (Wildman–Crippen MR) is 74.1 cm³/mol. The number of amides is 1. The van der Waals surface area contributed by atoms with Crippen LogP contribution in [0.2, 0.25) is 0 Å². The van der Waals surface area contributed by atoms with E-state index in [1.54, 1.807) is 0 Å². The summed E-state index contributed by atoms with van der Waals surface area (Å²) in [5, 5.41) is 0. The van der Waals surface area contributed by atoms with Gasteiger partial charge in [0, 0.05) is 25.0 Å². The summed E-state index contributed by atoms with van der Waals surface area (Å²) in [7, 11) is 1.97. The zero-order valence-corrected chi connectivity index (χ0v) is 11.9. The minimum Gasteiger partial charge on any atom is -0.341 e. The van der Waals surface area contributed by atoms with Crippen molar-refractivity contribution in [2.45, 2.75) is 70.4 Å². The standard InChI is InChI=1S/C15H28N2O/c1-11-7-9-12(10-8-11)15(18)17(2)14-6-4-3-5-13(14)16/h11-14H,3-10,16H2,1-2H3. The second kappa shape index (κ2) is 6.05. The smallest absolute Gasteiger partial charge is 0.225 e. The van der Waals surface area contributed by atoms with E-state index < -0.39 is 0 Å². The van der Waals surface area contributed by atoms with Gasteiger partial charge in [0.25, 0.3) is 0 Å². The molecule has 1 amide bonds. The van der Waals surface area contributed by atoms with Crippen LogP contribution < -0.4 is 5.73 Å². The van der Waals surface area contributed by atoms with E-state index in [-0.39, 0.29) is 18.0 Å². The lowest BCUT2D eigenvalue weighted by Gasteiger charge is -2.38. The summed E-state index contributed by atoms with van der Waals surface area (Å²) >= 11 is 0. The Kier molecular flexibility index (Phi) is 4.66. The van der Waals surface area contributed by atoms with E-state index in [2.05, 4.69) is 6.92 Å². The van der Waals surface area contributed by atoms with Crippen LogP contribution in [0.1, 0.15) is 58.3 Å². The third-order valence-corrected chi connectivity index (χ3v) is 4.99. The average molecular weight is 252 g/mol. The number of hydrogen-bond acceptors (Lipinski definition) is 2. The molecule has 2 aliphatic carbocycles. The maximum Gasteiger partial charge on any atom is 0.225 e. The van der Waals surface area contributed by atoms with Crippen molar-refractivity contribution in [2.75, 3.05) is 7.05 Å². The molecule has 3 nitrogen and oxygen atoms in total. The monoisotopic (exact) mass is 252 g/mol. The van der Waals surface area contributed by atoms with Gasteiger partial charge in [-0.15, -0.1) is 0 Å². The summed E-state index contributed by atoms with van der Waals surface area (Å²) in [5.74, 6) is 1.42. The van der Waals surface area contributed by atoms with Gasteiger partial charge in [-0.25, -0.2) is 0 Å². The first-order chi connectivity index (χ1) is 8.59. The number of carbonyl (C=O) groups excluding carboxylic acids is 1. The molecule has 2 unspecified atom stereocenters. The van der Waals surface area contributed by atoms with Crippen molar-refractivity contribution in [1.82, 2.24) is 4.90 Å². The molecule has 2 aliphatic rings. The molecule has 0 aromatic heterocycles. The second-order valence-electron chi connectivity index (χ2n) is 6.42. The van der Waals surface area contributed by atoms with E-state index in [9.17, 15) is 4.79 Å². The van der Waals surface area contributed by atoms with Gasteiger partial charge in [0.2, 0.25) is 5.91 Å². The molecule has 0 spiro atoms. The van der Waals surface area contributed by atoms with Crippen molar-refractivity contribution in [3.63, 3.8) is 0 Å². The average Bonchev–Trinajstić information content (AvgIpc) is 2.38. The van der Waals surface area contributed by atoms with Gasteiger partial charge < -0.3 is 10.6 Å². The van der Waals surface area contributed by atoms with Crippen molar-refractivity contribution in [3.8, 4) is 0 Å². The Morgan fingerprint density at radius 2 is 1.67 bits per heavy atom. The van der Waals surface area contributed by atoms with Gasteiger partial charge in [0.1, 0.15) is 0 Å². The van der Waals surface area contributed by atoms with Crippen LogP contribution in [0.25, 0.3) is 0 Å². The number of nitrogens with zero attached hydrogens (tertiary/aromatic N) is 1. The van der Waals surface area contributed by atoms with Gasteiger partial charge >= 0.3 is 0 Å². The molecule has 0 aliphatic heterocycles. The van der Waals surface area contributed by atoms with E-state index in [0.29, 0.717) is 5.91 Å². The molecule has 0 bridgehead atoms. The topological polar surface area (TPSA) is 46.3 Å². The van der Waals surface area contributed by atoms with E-state index in [1.165, 1.54) is 25.7 Å². The van der Waals surface area contributed by atoms with Crippen LogP contribution in [0.5, 0.6) is 0 Å². The highest BCUT2D eigenvalue weighted by Gasteiger charge is 2.33. The molecule has 104 valence electrons. The minimum atomic E-state index is 0.190. The summed E-state index contributed by atoms with van der Waals surface area (Å²) in [5.41, 5.74) is 6.18. The molecule has 18 heavy (non-hydrogen) atoms.